The van der Waals surface area contributed by atoms with Crippen LogP contribution >= 0.6 is 0 Å². The van der Waals surface area contributed by atoms with Crippen molar-refractivity contribution in [1.29, 1.82) is 0 Å². The molecule has 4 rings (SSSR count). The molecule has 158 valence electrons. The van der Waals surface area contributed by atoms with Crippen LogP contribution in [0.25, 0.3) is 11.0 Å². The summed E-state index contributed by atoms with van der Waals surface area (Å²) in [6, 6.07) is 4.17. The van der Waals surface area contributed by atoms with Crippen LogP contribution in [0.4, 0.5) is 18.9 Å². The Hall–Kier alpha value is -3.41. The number of carbonyl (C=O) groups excluding carboxylic acids is 2. The van der Waals surface area contributed by atoms with Gasteiger partial charge in [-0.2, -0.15) is 18.3 Å². The predicted octanol–water partition coefficient (Wildman–Crippen LogP) is 2.09. The highest BCUT2D eigenvalue weighted by molar-refractivity contribution is 5.98. The Morgan fingerprint density at radius 2 is 2.13 bits per heavy atom. The molecule has 1 aliphatic rings. The topological polar surface area (TPSA) is 116 Å². The summed E-state index contributed by atoms with van der Waals surface area (Å²) in [6.45, 7) is 2.27. The summed E-state index contributed by atoms with van der Waals surface area (Å²) in [7, 11) is 0. The second kappa shape index (κ2) is 7.44. The number of nitrogens with one attached hydrogen (secondary N) is 3. The molecule has 9 nitrogen and oxygen atoms in total. The number of carbonyl (C=O) groups is 2. The van der Waals surface area contributed by atoms with Crippen LogP contribution in [0.1, 0.15) is 21.9 Å². The summed E-state index contributed by atoms with van der Waals surface area (Å²) in [5, 5.41) is 9.13. The van der Waals surface area contributed by atoms with Gasteiger partial charge in [0.1, 0.15) is 0 Å². The first-order valence-corrected chi connectivity index (χ1v) is 9.01. The van der Waals surface area contributed by atoms with Gasteiger partial charge in [0.15, 0.2) is 6.10 Å². The first-order chi connectivity index (χ1) is 14.2. The van der Waals surface area contributed by atoms with Gasteiger partial charge >= 0.3 is 6.18 Å². The number of H-pyrrole nitrogens is 2. The maximum atomic E-state index is 12.8. The minimum atomic E-state index is -4.60. The Bertz CT molecular complexity index is 1110. The van der Waals surface area contributed by atoms with E-state index in [1.807, 2.05) is 0 Å². The van der Waals surface area contributed by atoms with Gasteiger partial charge in [0.2, 0.25) is 5.82 Å². The normalized spacial score (nSPS) is 17.3. The number of morpholine rings is 1. The number of aryl methyl sites for hydroxylation is 1. The van der Waals surface area contributed by atoms with Crippen molar-refractivity contribution in [2.45, 2.75) is 19.2 Å². The summed E-state index contributed by atoms with van der Waals surface area (Å²) in [6.07, 6.45) is -4.09. The molecule has 1 aliphatic heterocycles. The van der Waals surface area contributed by atoms with Crippen molar-refractivity contribution in [1.82, 2.24) is 25.1 Å². The smallest absolute Gasteiger partial charge is 0.365 e. The fourth-order valence-electron chi connectivity index (χ4n) is 3.17. The number of aromatic amines is 2. The van der Waals surface area contributed by atoms with Gasteiger partial charge in [-0.1, -0.05) is 0 Å². The molecule has 2 aromatic heterocycles. The molecule has 30 heavy (non-hydrogen) atoms. The molecule has 0 spiro atoms. The fourth-order valence-corrected chi connectivity index (χ4v) is 3.17. The molecule has 1 unspecified atom stereocenters. The predicted molar refractivity (Wildman–Crippen MR) is 98.7 cm³/mol. The second-order valence-corrected chi connectivity index (χ2v) is 6.82. The molecule has 0 bridgehead atoms. The van der Waals surface area contributed by atoms with Crippen LogP contribution in [0.2, 0.25) is 0 Å². The number of rotatable bonds is 3. The molecule has 1 aromatic carbocycles. The third-order valence-electron chi connectivity index (χ3n) is 4.72. The largest absolute Gasteiger partial charge is 0.449 e. The molecule has 3 heterocycles. The molecule has 1 atom stereocenters. The SMILES string of the molecule is Cc1[nH]ncc1C(=O)N1CCOC(C(=O)Nc2ccc3nc(C(F)(F)F)[nH]c3c2)C1. The van der Waals surface area contributed by atoms with Crippen LogP contribution in [-0.2, 0) is 15.7 Å². The van der Waals surface area contributed by atoms with Gasteiger partial charge < -0.3 is 19.9 Å². The lowest BCUT2D eigenvalue weighted by Gasteiger charge is -2.32. The Morgan fingerprint density at radius 1 is 1.33 bits per heavy atom. The van der Waals surface area contributed by atoms with Gasteiger partial charge in [-0.05, 0) is 25.1 Å². The highest BCUT2D eigenvalue weighted by Crippen LogP contribution is 2.29. The number of benzene rings is 1. The van der Waals surface area contributed by atoms with Crippen molar-refractivity contribution in [2.75, 3.05) is 25.0 Å². The van der Waals surface area contributed by atoms with E-state index in [0.29, 0.717) is 17.8 Å². The number of hydrogen-bond donors (Lipinski definition) is 3. The summed E-state index contributed by atoms with van der Waals surface area (Å²) in [4.78, 5) is 32.4. The van der Waals surface area contributed by atoms with E-state index in [1.165, 1.54) is 29.3 Å². The van der Waals surface area contributed by atoms with E-state index in [2.05, 4.69) is 25.5 Å². The number of anilines is 1. The number of alkyl halides is 3. The van der Waals surface area contributed by atoms with E-state index in [0.717, 1.165) is 0 Å². The van der Waals surface area contributed by atoms with E-state index < -0.39 is 24.0 Å². The zero-order chi connectivity index (χ0) is 21.5. The van der Waals surface area contributed by atoms with Crippen LogP contribution in [0, 0.1) is 6.92 Å². The first-order valence-electron chi connectivity index (χ1n) is 9.01. The standard InChI is InChI=1S/C18H17F3N6O3/c1-9-11(7-22-26-9)16(29)27-4-5-30-14(8-27)15(28)23-10-2-3-12-13(6-10)25-17(24-12)18(19,20)21/h2-3,6-7,14H,4-5,8H2,1H3,(H,22,26)(H,23,28)(H,24,25). The fraction of sp³-hybridized carbons (Fsp3) is 0.333. The maximum Gasteiger partial charge on any atom is 0.449 e. The van der Waals surface area contributed by atoms with Crippen molar-refractivity contribution in [2.24, 2.45) is 0 Å². The number of ether oxygens (including phenoxy) is 1. The van der Waals surface area contributed by atoms with Crippen LogP contribution in [0.5, 0.6) is 0 Å². The number of nitrogens with zero attached hydrogens (tertiary/aromatic N) is 3. The average molecular weight is 422 g/mol. The van der Waals surface area contributed by atoms with Gasteiger partial charge in [-0.3, -0.25) is 14.7 Å². The molecular weight excluding hydrogens is 405 g/mol. The minimum Gasteiger partial charge on any atom is -0.365 e. The molecule has 0 radical (unpaired) electrons. The number of amides is 2. The van der Waals surface area contributed by atoms with E-state index in [9.17, 15) is 22.8 Å². The van der Waals surface area contributed by atoms with E-state index >= 15 is 0 Å². The van der Waals surface area contributed by atoms with Crippen LogP contribution in [0.3, 0.4) is 0 Å². The minimum absolute atomic E-state index is 0.0415. The third-order valence-corrected chi connectivity index (χ3v) is 4.72. The molecule has 0 saturated carbocycles. The van der Waals surface area contributed by atoms with Gasteiger partial charge in [0, 0.05) is 17.9 Å². The number of fused-ring (bicyclic) bond motifs is 1. The van der Waals surface area contributed by atoms with Crippen molar-refractivity contribution in [3.8, 4) is 0 Å². The highest BCUT2D eigenvalue weighted by atomic mass is 19.4. The number of aromatic nitrogens is 4. The number of hydrogen-bond acceptors (Lipinski definition) is 5. The molecule has 3 aromatic rings. The van der Waals surface area contributed by atoms with Gasteiger partial charge in [-0.15, -0.1) is 0 Å². The average Bonchev–Trinajstić information content (AvgIpc) is 3.33. The lowest BCUT2D eigenvalue weighted by atomic mass is 10.2. The Morgan fingerprint density at radius 3 is 2.83 bits per heavy atom. The molecule has 1 fully saturated rings. The Kier molecular flexibility index (Phi) is 4.94. The second-order valence-electron chi connectivity index (χ2n) is 6.82. The highest BCUT2D eigenvalue weighted by Gasteiger charge is 2.35. The summed E-state index contributed by atoms with van der Waals surface area (Å²) in [5.41, 5.74) is 1.58. The van der Waals surface area contributed by atoms with Crippen molar-refractivity contribution >= 4 is 28.5 Å². The van der Waals surface area contributed by atoms with Gasteiger partial charge in [-0.25, -0.2) is 4.98 Å². The monoisotopic (exact) mass is 422 g/mol. The lowest BCUT2D eigenvalue weighted by Crippen LogP contribution is -2.50. The van der Waals surface area contributed by atoms with Crippen LogP contribution in [-0.4, -0.2) is 62.7 Å². The van der Waals surface area contributed by atoms with Crippen LogP contribution in [0.15, 0.2) is 24.4 Å². The van der Waals surface area contributed by atoms with Crippen LogP contribution < -0.4 is 5.32 Å². The maximum absolute atomic E-state index is 12.8. The Labute approximate surface area is 167 Å². The molecule has 12 heteroatoms. The number of imidazole rings is 1. The lowest BCUT2D eigenvalue weighted by molar-refractivity contribution is -0.144. The molecule has 3 N–H and O–H groups in total. The van der Waals surface area contributed by atoms with E-state index in [-0.39, 0.29) is 35.8 Å². The number of halogens is 3. The third kappa shape index (κ3) is 3.85. The summed E-state index contributed by atoms with van der Waals surface area (Å²) < 4.78 is 43.8. The molecule has 2 amide bonds. The van der Waals surface area contributed by atoms with Crippen molar-refractivity contribution in [3.63, 3.8) is 0 Å². The molecule has 0 aliphatic carbocycles. The zero-order valence-corrected chi connectivity index (χ0v) is 15.7. The van der Waals surface area contributed by atoms with Crippen molar-refractivity contribution in [3.05, 3.63) is 41.5 Å². The van der Waals surface area contributed by atoms with E-state index in [4.69, 9.17) is 4.74 Å². The molecular formula is C18H17F3N6O3. The van der Waals surface area contributed by atoms with E-state index in [1.54, 1.807) is 6.92 Å². The van der Waals surface area contributed by atoms with Crippen molar-refractivity contribution < 1.29 is 27.5 Å². The molecule has 1 saturated heterocycles. The van der Waals surface area contributed by atoms with Gasteiger partial charge in [0.25, 0.3) is 11.8 Å². The summed E-state index contributed by atoms with van der Waals surface area (Å²) in [5.74, 6) is -1.88. The summed E-state index contributed by atoms with van der Waals surface area (Å²) >= 11 is 0. The van der Waals surface area contributed by atoms with Gasteiger partial charge in [0.05, 0.1) is 35.9 Å². The Balaban J connectivity index is 1.45. The quantitative estimate of drug-likeness (QED) is 0.598. The zero-order valence-electron chi connectivity index (χ0n) is 15.7. The first kappa shape index (κ1) is 19.9.